The van der Waals surface area contributed by atoms with Crippen LogP contribution < -0.4 is 0 Å². The molecule has 2 atom stereocenters. The summed E-state index contributed by atoms with van der Waals surface area (Å²) in [5, 5.41) is 8.62. The standard InChI is InChI=1S/C39H77NO8.C15H30O3.C3H8/c1-5-9-12-14-15-19-25-40(26-30-45-33-34-47-36-35-46-32-31-43-8-4)38(41)24-29-44-27-20-16-17-21-28-48-39(42)37(22-11-7-3)23-18-13-10-6-2;1-3-4-5-8-11-14(2)15(17)18-13-10-7-6-9-12-16;1-3-2/h37H,5-36H2,1-4H3;14,16H,3-13H2,1-2H3;3H2,1-2H3. The first kappa shape index (κ1) is 71.4. The van der Waals surface area contributed by atoms with E-state index in [0.29, 0.717) is 92.2 Å². The highest BCUT2D eigenvalue weighted by Crippen LogP contribution is 2.20. The second-order valence-electron chi connectivity index (χ2n) is 18.6. The maximum Gasteiger partial charge on any atom is 0.308 e. The second kappa shape index (κ2) is 62.3. The number of hydrogen-bond donors (Lipinski definition) is 1. The number of amides is 1. The quantitative estimate of drug-likeness (QED) is 0.0460. The smallest absolute Gasteiger partial charge is 0.308 e. The number of carbonyl (C=O) groups is 3. The molecule has 0 bridgehead atoms. The zero-order chi connectivity index (χ0) is 51.5. The van der Waals surface area contributed by atoms with Crippen molar-refractivity contribution >= 4 is 17.8 Å². The molecule has 12 heteroatoms. The molecular weight excluding hydrogens is 875 g/mol. The molecule has 0 aromatic carbocycles. The van der Waals surface area contributed by atoms with Crippen LogP contribution in [0.5, 0.6) is 0 Å². The Morgan fingerprint density at radius 3 is 1.38 bits per heavy atom. The Labute approximate surface area is 426 Å². The van der Waals surface area contributed by atoms with E-state index in [2.05, 4.69) is 41.5 Å². The Morgan fingerprint density at radius 1 is 0.406 bits per heavy atom. The van der Waals surface area contributed by atoms with Crippen molar-refractivity contribution in [3.8, 4) is 0 Å². The van der Waals surface area contributed by atoms with E-state index in [0.717, 1.165) is 116 Å². The predicted molar refractivity (Wildman–Crippen MR) is 286 cm³/mol. The number of carbonyl (C=O) groups excluding carboxylic acids is 3. The van der Waals surface area contributed by atoms with E-state index in [1.54, 1.807) is 0 Å². The highest BCUT2D eigenvalue weighted by molar-refractivity contribution is 5.76. The minimum absolute atomic E-state index is 0.00458. The Kier molecular flexibility index (Phi) is 64.5. The first-order chi connectivity index (χ1) is 33.7. The number of hydrogen-bond acceptors (Lipinski definition) is 11. The summed E-state index contributed by atoms with van der Waals surface area (Å²) in [5.74, 6) is 0.203. The van der Waals surface area contributed by atoms with Gasteiger partial charge in [0.1, 0.15) is 0 Å². The molecule has 0 aromatic rings. The number of rotatable bonds is 51. The number of aliphatic hydroxyl groups is 1. The lowest BCUT2D eigenvalue weighted by Gasteiger charge is -2.23. The number of ether oxygens (including phenoxy) is 7. The summed E-state index contributed by atoms with van der Waals surface area (Å²) in [6.07, 6.45) is 31.2. The van der Waals surface area contributed by atoms with Crippen LogP contribution in [0, 0.1) is 11.8 Å². The molecule has 0 radical (unpaired) electrons. The third-order valence-corrected chi connectivity index (χ3v) is 11.7. The summed E-state index contributed by atoms with van der Waals surface area (Å²) < 4.78 is 38.7. The monoisotopic (exact) mass is 990 g/mol. The molecule has 69 heavy (non-hydrogen) atoms. The lowest BCUT2D eigenvalue weighted by molar-refractivity contribution is -0.149. The SMILES string of the molecule is CCC.CCCCCCC(C)C(=O)OCCCCCCO.CCCCCCCCN(CCOCCOCCOCCOCC)C(=O)CCOCCCCCCOC(=O)C(CCCC)CCCCCC. The van der Waals surface area contributed by atoms with Crippen molar-refractivity contribution in [3.05, 3.63) is 0 Å². The molecule has 0 aromatic heterocycles. The Bertz CT molecular complexity index is 1020. The molecule has 1 amide bonds. The van der Waals surface area contributed by atoms with Crippen LogP contribution in [-0.4, -0.2) is 127 Å². The normalized spacial score (nSPS) is 11.8. The van der Waals surface area contributed by atoms with Gasteiger partial charge in [0.15, 0.2) is 0 Å². The van der Waals surface area contributed by atoms with Crippen LogP contribution in [-0.2, 0) is 47.5 Å². The molecule has 12 nitrogen and oxygen atoms in total. The Hall–Kier alpha value is -1.83. The number of nitrogens with zero attached hydrogens (tertiary/aromatic N) is 1. The minimum Gasteiger partial charge on any atom is -0.465 e. The number of esters is 2. The molecule has 0 saturated carbocycles. The van der Waals surface area contributed by atoms with Crippen molar-refractivity contribution in [1.29, 1.82) is 0 Å². The van der Waals surface area contributed by atoms with Crippen molar-refractivity contribution < 1.29 is 52.6 Å². The van der Waals surface area contributed by atoms with Gasteiger partial charge in [0.05, 0.1) is 84.3 Å². The van der Waals surface area contributed by atoms with Gasteiger partial charge < -0.3 is 43.2 Å². The molecular formula is C57H115NO11. The Balaban J connectivity index is -0.00000172. The summed E-state index contributed by atoms with van der Waals surface area (Å²) in [6.45, 7) is 25.3. The van der Waals surface area contributed by atoms with Gasteiger partial charge >= 0.3 is 11.9 Å². The van der Waals surface area contributed by atoms with E-state index in [-0.39, 0.29) is 36.3 Å². The van der Waals surface area contributed by atoms with E-state index < -0.39 is 0 Å². The Morgan fingerprint density at radius 2 is 0.826 bits per heavy atom. The highest BCUT2D eigenvalue weighted by atomic mass is 16.6. The molecule has 414 valence electrons. The topological polar surface area (TPSA) is 139 Å². The number of unbranched alkanes of at least 4 members (excludes halogenated alkanes) is 18. The third kappa shape index (κ3) is 56.9. The number of aliphatic hydroxyl groups excluding tert-OH is 1. The summed E-state index contributed by atoms with van der Waals surface area (Å²) in [4.78, 5) is 39.2. The van der Waals surface area contributed by atoms with Crippen molar-refractivity contribution in [1.82, 2.24) is 4.90 Å². The molecule has 0 aliphatic heterocycles. The van der Waals surface area contributed by atoms with Gasteiger partial charge in [0, 0.05) is 32.9 Å². The second-order valence-corrected chi connectivity index (χ2v) is 18.6. The van der Waals surface area contributed by atoms with Gasteiger partial charge in [-0.3, -0.25) is 14.4 Å². The maximum atomic E-state index is 13.0. The fourth-order valence-electron chi connectivity index (χ4n) is 7.32. The van der Waals surface area contributed by atoms with Crippen LogP contribution in [0.4, 0.5) is 0 Å². The first-order valence-corrected chi connectivity index (χ1v) is 28.8. The zero-order valence-electron chi connectivity index (χ0n) is 46.7. The van der Waals surface area contributed by atoms with Crippen LogP contribution in [0.3, 0.4) is 0 Å². The summed E-state index contributed by atoms with van der Waals surface area (Å²) in [7, 11) is 0. The van der Waals surface area contributed by atoms with Gasteiger partial charge in [0.2, 0.25) is 5.91 Å². The van der Waals surface area contributed by atoms with Crippen molar-refractivity contribution in [2.75, 3.05) is 99.0 Å². The highest BCUT2D eigenvalue weighted by Gasteiger charge is 2.19. The maximum absolute atomic E-state index is 13.0. The largest absolute Gasteiger partial charge is 0.465 e. The van der Waals surface area contributed by atoms with Gasteiger partial charge in [-0.2, -0.15) is 0 Å². The molecule has 0 saturated heterocycles. The van der Waals surface area contributed by atoms with E-state index in [1.807, 2.05) is 18.7 Å². The fraction of sp³-hybridized carbons (Fsp3) is 0.947. The van der Waals surface area contributed by atoms with Gasteiger partial charge in [-0.1, -0.05) is 164 Å². The molecule has 0 aliphatic carbocycles. The molecule has 0 heterocycles. The van der Waals surface area contributed by atoms with Crippen LogP contribution >= 0.6 is 0 Å². The molecule has 0 aliphatic rings. The van der Waals surface area contributed by atoms with Gasteiger partial charge in [-0.15, -0.1) is 0 Å². The zero-order valence-corrected chi connectivity index (χ0v) is 46.7. The van der Waals surface area contributed by atoms with E-state index in [1.165, 1.54) is 70.6 Å². The van der Waals surface area contributed by atoms with E-state index >= 15 is 0 Å². The van der Waals surface area contributed by atoms with Crippen LogP contribution in [0.15, 0.2) is 0 Å². The summed E-state index contributed by atoms with van der Waals surface area (Å²) >= 11 is 0. The summed E-state index contributed by atoms with van der Waals surface area (Å²) in [5.41, 5.74) is 0. The van der Waals surface area contributed by atoms with Crippen molar-refractivity contribution in [2.24, 2.45) is 11.8 Å². The lowest BCUT2D eigenvalue weighted by atomic mass is 9.95. The first-order valence-electron chi connectivity index (χ1n) is 28.8. The van der Waals surface area contributed by atoms with Crippen LogP contribution in [0.2, 0.25) is 0 Å². The average molecular weight is 991 g/mol. The van der Waals surface area contributed by atoms with Crippen molar-refractivity contribution in [2.45, 2.75) is 242 Å². The third-order valence-electron chi connectivity index (χ3n) is 11.7. The average Bonchev–Trinajstić information content (AvgIpc) is 3.35. The lowest BCUT2D eigenvalue weighted by Crippen LogP contribution is -2.35. The van der Waals surface area contributed by atoms with Gasteiger partial charge in [-0.05, 0) is 71.1 Å². The molecule has 2 unspecified atom stereocenters. The van der Waals surface area contributed by atoms with Gasteiger partial charge in [0.25, 0.3) is 0 Å². The predicted octanol–water partition coefficient (Wildman–Crippen LogP) is 13.7. The van der Waals surface area contributed by atoms with Crippen molar-refractivity contribution in [3.63, 3.8) is 0 Å². The minimum atomic E-state index is -0.0475. The van der Waals surface area contributed by atoms with E-state index in [4.69, 9.17) is 38.3 Å². The molecule has 0 rings (SSSR count). The van der Waals surface area contributed by atoms with Crippen LogP contribution in [0.1, 0.15) is 242 Å². The fourth-order valence-corrected chi connectivity index (χ4v) is 7.32. The van der Waals surface area contributed by atoms with Gasteiger partial charge in [-0.25, -0.2) is 0 Å². The molecule has 0 spiro atoms. The molecule has 0 fully saturated rings. The summed E-state index contributed by atoms with van der Waals surface area (Å²) in [6, 6.07) is 0. The van der Waals surface area contributed by atoms with Crippen LogP contribution in [0.25, 0.3) is 0 Å². The molecule has 1 N–H and O–H groups in total. The van der Waals surface area contributed by atoms with E-state index in [9.17, 15) is 14.4 Å².